The van der Waals surface area contributed by atoms with Gasteiger partial charge in [0, 0.05) is 19.6 Å². The van der Waals surface area contributed by atoms with E-state index >= 15 is 0 Å². The zero-order valence-corrected chi connectivity index (χ0v) is 10.9. The van der Waals surface area contributed by atoms with Crippen molar-refractivity contribution in [1.82, 2.24) is 0 Å². The Balaban J connectivity index is 1.91. The van der Waals surface area contributed by atoms with Crippen LogP contribution in [-0.4, -0.2) is 31.6 Å². The van der Waals surface area contributed by atoms with Crippen molar-refractivity contribution in [2.45, 2.75) is 64.8 Å². The van der Waals surface area contributed by atoms with Crippen molar-refractivity contribution >= 4 is 5.97 Å². The smallest absolute Gasteiger partial charge is 0.306 e. The molecule has 1 rings (SSSR count). The number of hydrogen-bond donors (Lipinski definition) is 0. The van der Waals surface area contributed by atoms with Crippen LogP contribution in [0.2, 0.25) is 0 Å². The van der Waals surface area contributed by atoms with E-state index < -0.39 is 0 Å². The lowest BCUT2D eigenvalue weighted by molar-refractivity contribution is -0.163. The van der Waals surface area contributed by atoms with Crippen LogP contribution in [0.1, 0.15) is 52.4 Å². The van der Waals surface area contributed by atoms with Gasteiger partial charge in [-0.2, -0.15) is 0 Å². The maximum atomic E-state index is 11.2. The van der Waals surface area contributed by atoms with E-state index in [1.165, 1.54) is 6.42 Å². The van der Waals surface area contributed by atoms with Crippen LogP contribution in [0, 0.1) is 0 Å². The Labute approximate surface area is 104 Å². The van der Waals surface area contributed by atoms with Crippen molar-refractivity contribution in [2.24, 2.45) is 0 Å². The molecule has 4 heteroatoms. The molecule has 1 aliphatic rings. The highest BCUT2D eigenvalue weighted by molar-refractivity contribution is 5.69. The minimum absolute atomic E-state index is 0.0191. The van der Waals surface area contributed by atoms with Gasteiger partial charge >= 0.3 is 5.97 Å². The lowest BCUT2D eigenvalue weighted by atomic mass is 10.2. The Hall–Kier alpha value is -0.610. The van der Waals surface area contributed by atoms with Crippen molar-refractivity contribution in [1.29, 1.82) is 0 Å². The normalized spacial score (nSPS) is 20.5. The molecule has 1 heterocycles. The van der Waals surface area contributed by atoms with Gasteiger partial charge in [-0.3, -0.25) is 4.79 Å². The number of carbonyl (C=O) groups excluding carboxylic acids is 1. The molecule has 0 N–H and O–H groups in total. The minimum Gasteiger partial charge on any atom is -0.463 e. The van der Waals surface area contributed by atoms with Gasteiger partial charge in [0.1, 0.15) is 0 Å². The summed E-state index contributed by atoms with van der Waals surface area (Å²) in [6, 6.07) is 0. The molecule has 0 radical (unpaired) electrons. The first-order valence-electron chi connectivity index (χ1n) is 6.61. The highest BCUT2D eigenvalue weighted by Gasteiger charge is 2.13. The second-order valence-electron chi connectivity index (χ2n) is 4.66. The number of carbonyl (C=O) groups is 1. The third kappa shape index (κ3) is 7.34. The molecule has 100 valence electrons. The van der Waals surface area contributed by atoms with Crippen LogP contribution in [0.3, 0.4) is 0 Å². The summed E-state index contributed by atoms with van der Waals surface area (Å²) in [4.78, 5) is 11.2. The lowest BCUT2D eigenvalue weighted by Gasteiger charge is -2.22. The summed E-state index contributed by atoms with van der Waals surface area (Å²) in [7, 11) is 0. The van der Waals surface area contributed by atoms with Gasteiger partial charge in [-0.05, 0) is 46.0 Å². The highest BCUT2D eigenvalue weighted by atomic mass is 16.7. The second-order valence-corrected chi connectivity index (χ2v) is 4.66. The second kappa shape index (κ2) is 8.48. The lowest BCUT2D eigenvalue weighted by Crippen LogP contribution is -2.22. The van der Waals surface area contributed by atoms with Crippen LogP contribution in [0.5, 0.6) is 0 Å². The standard InChI is InChI=1S/C13H24O4/c1-11(2)17-12(14)7-3-5-9-15-13-8-4-6-10-16-13/h11,13H,3-10H2,1-2H3. The fourth-order valence-corrected chi connectivity index (χ4v) is 1.75. The molecule has 0 aliphatic carbocycles. The largest absolute Gasteiger partial charge is 0.463 e. The number of esters is 1. The van der Waals surface area contributed by atoms with Gasteiger partial charge in [0.15, 0.2) is 6.29 Å². The van der Waals surface area contributed by atoms with Crippen molar-refractivity contribution in [3.8, 4) is 0 Å². The van der Waals surface area contributed by atoms with Crippen molar-refractivity contribution < 1.29 is 19.0 Å². The van der Waals surface area contributed by atoms with Crippen LogP contribution in [0.4, 0.5) is 0 Å². The van der Waals surface area contributed by atoms with Crippen molar-refractivity contribution in [2.75, 3.05) is 13.2 Å². The summed E-state index contributed by atoms with van der Waals surface area (Å²) in [5.74, 6) is -0.117. The number of ether oxygens (including phenoxy) is 3. The van der Waals surface area contributed by atoms with Gasteiger partial charge in [0.25, 0.3) is 0 Å². The van der Waals surface area contributed by atoms with E-state index in [1.807, 2.05) is 13.8 Å². The van der Waals surface area contributed by atoms with Crippen LogP contribution < -0.4 is 0 Å². The number of hydrogen-bond acceptors (Lipinski definition) is 4. The van der Waals surface area contributed by atoms with Gasteiger partial charge in [-0.15, -0.1) is 0 Å². The molecule has 1 aliphatic heterocycles. The Bertz CT molecular complexity index is 209. The average molecular weight is 244 g/mol. The van der Waals surface area contributed by atoms with Crippen molar-refractivity contribution in [3.63, 3.8) is 0 Å². The Morgan fingerprint density at radius 1 is 1.35 bits per heavy atom. The molecular weight excluding hydrogens is 220 g/mol. The van der Waals surface area contributed by atoms with E-state index in [4.69, 9.17) is 14.2 Å². The molecular formula is C13H24O4. The van der Waals surface area contributed by atoms with Gasteiger partial charge in [-0.25, -0.2) is 0 Å². The molecule has 1 fully saturated rings. The van der Waals surface area contributed by atoms with Crippen LogP contribution in [-0.2, 0) is 19.0 Å². The minimum atomic E-state index is -0.117. The van der Waals surface area contributed by atoms with Crippen molar-refractivity contribution in [3.05, 3.63) is 0 Å². The molecule has 0 amide bonds. The first-order valence-corrected chi connectivity index (χ1v) is 6.61. The van der Waals surface area contributed by atoms with Crippen LogP contribution in [0.25, 0.3) is 0 Å². The predicted molar refractivity (Wildman–Crippen MR) is 64.6 cm³/mol. The van der Waals surface area contributed by atoms with E-state index in [-0.39, 0.29) is 18.4 Å². The molecule has 0 bridgehead atoms. The van der Waals surface area contributed by atoms with E-state index in [9.17, 15) is 4.79 Å². The van der Waals surface area contributed by atoms with Gasteiger partial charge in [0.2, 0.25) is 0 Å². The van der Waals surface area contributed by atoms with Crippen LogP contribution in [0.15, 0.2) is 0 Å². The zero-order chi connectivity index (χ0) is 12.5. The summed E-state index contributed by atoms with van der Waals surface area (Å²) in [6.45, 7) is 5.20. The summed E-state index contributed by atoms with van der Waals surface area (Å²) in [5.41, 5.74) is 0. The Morgan fingerprint density at radius 2 is 2.18 bits per heavy atom. The predicted octanol–water partition coefficient (Wildman–Crippen LogP) is 2.65. The Kier molecular flexibility index (Phi) is 7.21. The maximum absolute atomic E-state index is 11.2. The molecule has 0 aromatic rings. The van der Waals surface area contributed by atoms with E-state index in [1.54, 1.807) is 0 Å². The highest BCUT2D eigenvalue weighted by Crippen LogP contribution is 2.14. The third-order valence-corrected chi connectivity index (χ3v) is 2.58. The average Bonchev–Trinajstić information content (AvgIpc) is 2.29. The Morgan fingerprint density at radius 3 is 2.82 bits per heavy atom. The third-order valence-electron chi connectivity index (χ3n) is 2.58. The number of unbranched alkanes of at least 4 members (excludes halogenated alkanes) is 1. The molecule has 0 aromatic carbocycles. The molecule has 4 nitrogen and oxygen atoms in total. The molecule has 0 saturated carbocycles. The fraction of sp³-hybridized carbons (Fsp3) is 0.923. The summed E-state index contributed by atoms with van der Waals surface area (Å²) < 4.78 is 16.1. The van der Waals surface area contributed by atoms with Crippen LogP contribution >= 0.6 is 0 Å². The molecule has 0 aromatic heterocycles. The zero-order valence-electron chi connectivity index (χ0n) is 10.9. The molecule has 17 heavy (non-hydrogen) atoms. The fourth-order valence-electron chi connectivity index (χ4n) is 1.75. The van der Waals surface area contributed by atoms with E-state index in [0.29, 0.717) is 13.0 Å². The summed E-state index contributed by atoms with van der Waals surface area (Å²) >= 11 is 0. The SMILES string of the molecule is CC(C)OC(=O)CCCCOC1CCCCO1. The topological polar surface area (TPSA) is 44.8 Å². The maximum Gasteiger partial charge on any atom is 0.306 e. The monoisotopic (exact) mass is 244 g/mol. The summed E-state index contributed by atoms with van der Waals surface area (Å²) in [5, 5.41) is 0. The quantitative estimate of drug-likeness (QED) is 0.510. The van der Waals surface area contributed by atoms with E-state index in [0.717, 1.165) is 32.3 Å². The molecule has 1 atom stereocenters. The molecule has 1 saturated heterocycles. The number of rotatable bonds is 7. The molecule has 0 spiro atoms. The first kappa shape index (κ1) is 14.5. The molecule has 1 unspecified atom stereocenters. The first-order chi connectivity index (χ1) is 8.18. The van der Waals surface area contributed by atoms with Gasteiger partial charge in [0.05, 0.1) is 6.10 Å². The van der Waals surface area contributed by atoms with Gasteiger partial charge in [-0.1, -0.05) is 0 Å². The van der Waals surface area contributed by atoms with Gasteiger partial charge < -0.3 is 14.2 Å². The summed E-state index contributed by atoms with van der Waals surface area (Å²) in [6.07, 6.45) is 5.46. The van der Waals surface area contributed by atoms with E-state index in [2.05, 4.69) is 0 Å².